The molecule has 2 fully saturated rings. The van der Waals surface area contributed by atoms with Crippen LogP contribution in [0.2, 0.25) is 0 Å². The SMILES string of the molecule is CCC(C)[C@@H]1NC(=O)[C@H](Cc2ccc(OC)cc2)N(C)C(=O)[C@H](C(C)CC)N2C(=O)[C@H](CCC2O)NC(=O)[C@H](CCc2ccc(O)c(C)c2)NC(=O)[C@@H](NC(=O)[C@H](CCc2ccc(O)cc2)NC(=O)[C@@H](COS(=O)(=O)O)OC)[C@@H](C)OC1=O. The van der Waals surface area contributed by atoms with Gasteiger partial charge < -0.3 is 65.9 Å². The van der Waals surface area contributed by atoms with Crippen LogP contribution in [-0.2, 0) is 81.7 Å². The van der Waals surface area contributed by atoms with Crippen molar-refractivity contribution in [3.05, 3.63) is 89.0 Å². The van der Waals surface area contributed by atoms with Crippen LogP contribution < -0.4 is 31.3 Å². The number of ether oxygens (including phenoxy) is 3. The minimum atomic E-state index is -5.06. The molecule has 2 bridgehead atoms. The predicted molar refractivity (Wildman–Crippen MR) is 299 cm³/mol. The van der Waals surface area contributed by atoms with E-state index in [1.165, 1.54) is 39.3 Å². The highest BCUT2D eigenvalue weighted by atomic mass is 32.3. The number of benzene rings is 3. The third-order valence-corrected chi connectivity index (χ3v) is 15.7. The Balaban J connectivity index is 1.66. The van der Waals surface area contributed by atoms with Gasteiger partial charge in [-0.1, -0.05) is 76.9 Å². The lowest BCUT2D eigenvalue weighted by Crippen LogP contribution is -2.66. The number of nitrogens with zero attached hydrogens (tertiary/aromatic N) is 2. The van der Waals surface area contributed by atoms with Crippen LogP contribution in [0.15, 0.2) is 66.7 Å². The van der Waals surface area contributed by atoms with Crippen molar-refractivity contribution >= 4 is 57.7 Å². The molecule has 456 valence electrons. The van der Waals surface area contributed by atoms with Crippen LogP contribution in [0.1, 0.15) is 95.4 Å². The van der Waals surface area contributed by atoms with E-state index in [1.807, 2.05) is 0 Å². The summed E-state index contributed by atoms with van der Waals surface area (Å²) in [4.78, 5) is 120. The quantitative estimate of drug-likeness (QED) is 0.0541. The minimum Gasteiger partial charge on any atom is -0.508 e. The van der Waals surface area contributed by atoms with Crippen molar-refractivity contribution in [3.8, 4) is 17.2 Å². The Morgan fingerprint density at radius 3 is 2.05 bits per heavy atom. The number of aliphatic hydroxyl groups excluding tert-OH is 1. The molecule has 0 aliphatic carbocycles. The Morgan fingerprint density at radius 1 is 0.807 bits per heavy atom. The lowest BCUT2D eigenvalue weighted by Gasteiger charge is -2.44. The molecule has 3 aromatic rings. The maximum atomic E-state index is 15.2. The first-order valence-electron chi connectivity index (χ1n) is 27.5. The molecule has 2 saturated heterocycles. The fourth-order valence-electron chi connectivity index (χ4n) is 9.76. The van der Waals surface area contributed by atoms with Gasteiger partial charge in [0.25, 0.3) is 5.91 Å². The smallest absolute Gasteiger partial charge is 0.397 e. The number of esters is 1. The number of amides is 7. The number of cyclic esters (lactones) is 1. The maximum Gasteiger partial charge on any atom is 0.397 e. The molecule has 2 heterocycles. The van der Waals surface area contributed by atoms with E-state index in [1.54, 1.807) is 83.1 Å². The van der Waals surface area contributed by atoms with Crippen LogP contribution in [0.4, 0.5) is 0 Å². The molecule has 25 nitrogen and oxygen atoms in total. The summed E-state index contributed by atoms with van der Waals surface area (Å²) in [6.45, 7) is 8.79. The van der Waals surface area contributed by atoms with Crippen LogP contribution in [-0.4, -0.2) is 174 Å². The lowest BCUT2D eigenvalue weighted by atomic mass is 9.91. The normalized spacial score (nSPS) is 23.8. The molecule has 3 unspecified atom stereocenters. The van der Waals surface area contributed by atoms with Crippen LogP contribution in [0.25, 0.3) is 0 Å². The van der Waals surface area contributed by atoms with Crippen molar-refractivity contribution in [1.82, 2.24) is 36.4 Å². The summed E-state index contributed by atoms with van der Waals surface area (Å²) in [6.07, 6.45) is -4.91. The average molecular weight is 1180 g/mol. The van der Waals surface area contributed by atoms with Crippen molar-refractivity contribution in [2.75, 3.05) is 27.9 Å². The summed E-state index contributed by atoms with van der Waals surface area (Å²) in [5, 5.41) is 45.1. The molecule has 83 heavy (non-hydrogen) atoms. The third kappa shape index (κ3) is 18.3. The van der Waals surface area contributed by atoms with Gasteiger partial charge in [-0.2, -0.15) is 8.42 Å². The van der Waals surface area contributed by atoms with Gasteiger partial charge in [0.1, 0.15) is 78.5 Å². The molecule has 9 N–H and O–H groups in total. The molecule has 5 rings (SSSR count). The molecular weight excluding hydrogens is 1100 g/mol. The number of rotatable bonds is 21. The molecule has 0 aromatic heterocycles. The molecule has 7 amide bonds. The summed E-state index contributed by atoms with van der Waals surface area (Å²) in [5.74, 6) is -8.51. The number of phenolic OH excluding ortho intramolecular Hbond substituents is 2. The summed E-state index contributed by atoms with van der Waals surface area (Å²) in [6, 6.07) is 6.62. The van der Waals surface area contributed by atoms with E-state index in [0.29, 0.717) is 34.4 Å². The molecule has 0 saturated carbocycles. The van der Waals surface area contributed by atoms with Crippen LogP contribution in [0.5, 0.6) is 17.2 Å². The Morgan fingerprint density at radius 2 is 1.45 bits per heavy atom. The largest absolute Gasteiger partial charge is 0.508 e. The van der Waals surface area contributed by atoms with E-state index in [-0.39, 0.29) is 62.9 Å². The van der Waals surface area contributed by atoms with Crippen LogP contribution in [0, 0.1) is 18.8 Å². The highest BCUT2D eigenvalue weighted by Crippen LogP contribution is 2.29. The molecule has 2 aliphatic rings. The Labute approximate surface area is 483 Å². The minimum absolute atomic E-state index is 0.00128. The van der Waals surface area contributed by atoms with Gasteiger partial charge in [0, 0.05) is 20.6 Å². The molecular formula is C57H79N7O18S. The Kier molecular flexibility index (Phi) is 24.2. The number of carbonyl (C=O) groups is 8. The zero-order valence-electron chi connectivity index (χ0n) is 48.2. The van der Waals surface area contributed by atoms with E-state index in [0.717, 1.165) is 16.9 Å². The number of fused-ring (bicyclic) bond motifs is 2. The molecule has 0 spiro atoms. The van der Waals surface area contributed by atoms with Gasteiger partial charge in [0.15, 0.2) is 6.10 Å². The highest BCUT2D eigenvalue weighted by Gasteiger charge is 2.47. The van der Waals surface area contributed by atoms with E-state index >= 15 is 9.59 Å². The average Bonchev–Trinajstić information content (AvgIpc) is 3.38. The molecule has 0 radical (unpaired) electrons. The number of methoxy groups -OCH3 is 2. The highest BCUT2D eigenvalue weighted by molar-refractivity contribution is 7.80. The summed E-state index contributed by atoms with van der Waals surface area (Å²) in [5.41, 5.74) is 2.27. The number of likely N-dealkylation sites (N-methyl/N-ethyl adjacent to an activating group) is 1. The Hall–Kier alpha value is -7.39. The number of aromatic hydroxyl groups is 2. The van der Waals surface area contributed by atoms with Crippen LogP contribution in [0.3, 0.4) is 0 Å². The zero-order valence-corrected chi connectivity index (χ0v) is 49.0. The van der Waals surface area contributed by atoms with Crippen molar-refractivity contribution in [1.29, 1.82) is 0 Å². The first-order chi connectivity index (χ1) is 39.2. The number of aryl methyl sites for hydroxylation is 3. The van der Waals surface area contributed by atoms with Crippen molar-refractivity contribution in [2.45, 2.75) is 160 Å². The second kappa shape index (κ2) is 30.2. The third-order valence-electron chi connectivity index (χ3n) is 15.3. The van der Waals surface area contributed by atoms with Gasteiger partial charge >= 0.3 is 16.4 Å². The van der Waals surface area contributed by atoms with E-state index < -0.39 is 137 Å². The maximum absolute atomic E-state index is 15.2. The predicted octanol–water partition coefficient (Wildman–Crippen LogP) is 1.66. The lowest BCUT2D eigenvalue weighted by molar-refractivity contribution is -0.168. The number of aliphatic hydroxyl groups is 1. The van der Waals surface area contributed by atoms with Crippen molar-refractivity contribution in [2.24, 2.45) is 11.8 Å². The topological polar surface area (TPSA) is 355 Å². The summed E-state index contributed by atoms with van der Waals surface area (Å²) < 4.78 is 53.0. The number of nitrogens with one attached hydrogen (secondary N) is 5. The fourth-order valence-corrected chi connectivity index (χ4v) is 10.1. The fraction of sp³-hybridized carbons (Fsp3) is 0.544. The van der Waals surface area contributed by atoms with E-state index in [9.17, 15) is 57.1 Å². The van der Waals surface area contributed by atoms with Gasteiger partial charge in [-0.3, -0.25) is 38.1 Å². The van der Waals surface area contributed by atoms with Gasteiger partial charge in [-0.25, -0.2) is 8.98 Å². The zero-order chi connectivity index (χ0) is 61.5. The number of piperidine rings is 1. The van der Waals surface area contributed by atoms with Gasteiger partial charge in [0.2, 0.25) is 35.4 Å². The van der Waals surface area contributed by atoms with E-state index in [4.69, 9.17) is 14.2 Å². The van der Waals surface area contributed by atoms with Gasteiger partial charge in [-0.05, 0) is 117 Å². The van der Waals surface area contributed by atoms with Crippen molar-refractivity contribution in [3.63, 3.8) is 0 Å². The number of hydrogen-bond donors (Lipinski definition) is 9. The van der Waals surface area contributed by atoms with Crippen LogP contribution >= 0.6 is 0 Å². The first kappa shape index (κ1) is 66.4. The Bertz CT molecular complexity index is 2880. The molecule has 2 aliphatic heterocycles. The first-order valence-corrected chi connectivity index (χ1v) is 28.9. The number of phenols is 2. The van der Waals surface area contributed by atoms with Gasteiger partial charge in [-0.15, -0.1) is 0 Å². The van der Waals surface area contributed by atoms with Gasteiger partial charge in [0.05, 0.1) is 7.11 Å². The summed E-state index contributed by atoms with van der Waals surface area (Å²) in [7, 11) is -1.18. The molecule has 3 aromatic carbocycles. The molecule has 26 heteroatoms. The second-order valence-corrected chi connectivity index (χ2v) is 22.2. The monoisotopic (exact) mass is 1180 g/mol. The molecule has 12 atom stereocenters. The van der Waals surface area contributed by atoms with Crippen molar-refractivity contribution < 1.29 is 85.0 Å². The number of hydrogen-bond acceptors (Lipinski definition) is 17. The summed E-state index contributed by atoms with van der Waals surface area (Å²) >= 11 is 0. The second-order valence-electron chi connectivity index (χ2n) is 21.1. The number of carbonyl (C=O) groups excluding carboxylic acids is 8. The van der Waals surface area contributed by atoms with E-state index in [2.05, 4.69) is 30.8 Å². The standard InChI is InChI=1S/C57H79N7O18S/c1-10-31(3)47-57(75)82-34(6)48(62-51(69)41(23-16-35-12-19-38(65)20-13-35)58-53(71)45(80-9)30-81-83(76,77)78)54(72)59-40(24-17-36-18-26-44(66)33(5)28-36)50(68)60-42-25-27-46(67)64(55(42)73)49(32(4)11-2)56(74)63(7)43(52(70)61-47)29-37-14-21-39(79-8)22-15-37/h12-15,18-22,26,28,31-32,34,40-43,45-49,65-67H,10-11,16-17,23-25,27,29-30H2,1-9H3,(H,58,71)(H,59,72)(H,60,68)(H,61,70)(H,62,69)(H,76,77,78)/t31?,32?,34-,40+,41+,42+,43+,45-,46?,47+,48+,49+/m1/s1.